The van der Waals surface area contributed by atoms with Gasteiger partial charge in [-0.3, -0.25) is 4.79 Å². The minimum Gasteiger partial charge on any atom is -0.381 e. The first-order valence-corrected chi connectivity index (χ1v) is 8.65. The zero-order valence-corrected chi connectivity index (χ0v) is 14.8. The maximum Gasteiger partial charge on any atom is 0.254 e. The molecule has 3 rings (SSSR count). The van der Waals surface area contributed by atoms with Gasteiger partial charge in [-0.15, -0.1) is 0 Å². The van der Waals surface area contributed by atoms with Crippen LogP contribution in [-0.4, -0.2) is 34.9 Å². The fraction of sp³-hybridized carbons (Fsp3) is 0.368. The smallest absolute Gasteiger partial charge is 0.254 e. The largest absolute Gasteiger partial charge is 0.381 e. The third kappa shape index (κ3) is 3.88. The van der Waals surface area contributed by atoms with Gasteiger partial charge in [-0.2, -0.15) is 0 Å². The van der Waals surface area contributed by atoms with Crippen LogP contribution in [0.25, 0.3) is 0 Å². The second-order valence-corrected chi connectivity index (χ2v) is 6.79. The summed E-state index contributed by atoms with van der Waals surface area (Å²) in [5.41, 5.74) is 4.27. The topological polar surface area (TPSA) is 45.2 Å². The Kier molecular flexibility index (Phi) is 5.05. The van der Waals surface area contributed by atoms with Gasteiger partial charge >= 0.3 is 0 Å². The Labute approximate surface area is 147 Å². The number of hydrogen-bond acceptors (Lipinski definition) is 3. The lowest BCUT2D eigenvalue weighted by Crippen LogP contribution is -2.45. The van der Waals surface area contributed by atoms with Crippen LogP contribution >= 0.6 is 11.6 Å². The standard InChI is InChI=1S/C19H22ClN3O/c1-13-5-6-16(10-14(13)2)22-17-4-3-9-23(12-17)19(24)15-7-8-21-18(20)11-15/h5-8,10-11,17,22H,3-4,9,12H2,1-2H3/t17-/m0/s1. The fourth-order valence-corrected chi connectivity index (χ4v) is 3.24. The molecule has 1 aromatic heterocycles. The summed E-state index contributed by atoms with van der Waals surface area (Å²) in [6, 6.07) is 10.0. The number of anilines is 1. The molecule has 5 heteroatoms. The van der Waals surface area contributed by atoms with Crippen LogP contribution in [0.5, 0.6) is 0 Å². The van der Waals surface area contributed by atoms with Crippen molar-refractivity contribution in [3.63, 3.8) is 0 Å². The summed E-state index contributed by atoms with van der Waals surface area (Å²) in [4.78, 5) is 18.5. The van der Waals surface area contributed by atoms with E-state index in [1.54, 1.807) is 18.3 Å². The van der Waals surface area contributed by atoms with E-state index in [0.717, 1.165) is 25.1 Å². The molecule has 0 radical (unpaired) electrons. The van der Waals surface area contributed by atoms with Crippen molar-refractivity contribution in [3.8, 4) is 0 Å². The molecule has 1 aliphatic rings. The molecule has 24 heavy (non-hydrogen) atoms. The average Bonchev–Trinajstić information content (AvgIpc) is 2.58. The number of aromatic nitrogens is 1. The van der Waals surface area contributed by atoms with Gasteiger partial charge in [0.1, 0.15) is 5.15 Å². The molecule has 1 fully saturated rings. The molecule has 0 saturated carbocycles. The van der Waals surface area contributed by atoms with Crippen molar-refractivity contribution in [3.05, 3.63) is 58.4 Å². The van der Waals surface area contributed by atoms with E-state index in [0.29, 0.717) is 17.3 Å². The first-order chi connectivity index (χ1) is 11.5. The van der Waals surface area contributed by atoms with Crippen molar-refractivity contribution in [1.82, 2.24) is 9.88 Å². The van der Waals surface area contributed by atoms with Gasteiger partial charge < -0.3 is 10.2 Å². The zero-order chi connectivity index (χ0) is 17.1. The number of amides is 1. The molecule has 1 aliphatic heterocycles. The molecule has 2 aromatic rings. The first-order valence-electron chi connectivity index (χ1n) is 8.27. The molecule has 2 heterocycles. The van der Waals surface area contributed by atoms with Crippen molar-refractivity contribution in [1.29, 1.82) is 0 Å². The maximum atomic E-state index is 12.7. The Morgan fingerprint density at radius 2 is 2.08 bits per heavy atom. The monoisotopic (exact) mass is 343 g/mol. The van der Waals surface area contributed by atoms with E-state index in [1.807, 2.05) is 4.90 Å². The van der Waals surface area contributed by atoms with E-state index in [2.05, 4.69) is 42.3 Å². The molecule has 0 bridgehead atoms. The molecular formula is C19H22ClN3O. The number of nitrogens with one attached hydrogen (secondary N) is 1. The van der Waals surface area contributed by atoms with E-state index in [1.165, 1.54) is 11.1 Å². The summed E-state index contributed by atoms with van der Waals surface area (Å²) in [5, 5.41) is 3.91. The van der Waals surface area contributed by atoms with Gasteiger partial charge in [0.2, 0.25) is 0 Å². The van der Waals surface area contributed by atoms with Gasteiger partial charge in [0.05, 0.1) is 0 Å². The average molecular weight is 344 g/mol. The lowest BCUT2D eigenvalue weighted by molar-refractivity contribution is 0.0714. The first kappa shape index (κ1) is 16.8. The van der Waals surface area contributed by atoms with Crippen molar-refractivity contribution in [2.75, 3.05) is 18.4 Å². The van der Waals surface area contributed by atoms with Gasteiger partial charge in [0.25, 0.3) is 5.91 Å². The molecule has 0 aliphatic carbocycles. The molecule has 4 nitrogen and oxygen atoms in total. The van der Waals surface area contributed by atoms with Crippen LogP contribution in [0.2, 0.25) is 5.15 Å². The highest BCUT2D eigenvalue weighted by molar-refractivity contribution is 6.29. The highest BCUT2D eigenvalue weighted by Gasteiger charge is 2.24. The third-order valence-corrected chi connectivity index (χ3v) is 4.77. The molecule has 1 N–H and O–H groups in total. The highest BCUT2D eigenvalue weighted by Crippen LogP contribution is 2.20. The Bertz CT molecular complexity index is 747. The van der Waals surface area contributed by atoms with Crippen LogP contribution in [0.3, 0.4) is 0 Å². The van der Waals surface area contributed by atoms with E-state index in [9.17, 15) is 4.79 Å². The number of nitrogens with zero attached hydrogens (tertiary/aromatic N) is 2. The van der Waals surface area contributed by atoms with Crippen LogP contribution in [0.4, 0.5) is 5.69 Å². The maximum absolute atomic E-state index is 12.7. The predicted octanol–water partition coefficient (Wildman–Crippen LogP) is 4.07. The van der Waals surface area contributed by atoms with E-state index >= 15 is 0 Å². The molecule has 1 aromatic carbocycles. The Hall–Kier alpha value is -2.07. The number of carbonyl (C=O) groups excluding carboxylic acids is 1. The summed E-state index contributed by atoms with van der Waals surface area (Å²) in [7, 11) is 0. The minimum atomic E-state index is 0.0193. The number of halogens is 1. The molecular weight excluding hydrogens is 322 g/mol. The predicted molar refractivity (Wildman–Crippen MR) is 97.7 cm³/mol. The summed E-state index contributed by atoms with van der Waals surface area (Å²) < 4.78 is 0. The number of carbonyl (C=O) groups is 1. The Balaban J connectivity index is 1.67. The van der Waals surface area contributed by atoms with Crippen molar-refractivity contribution >= 4 is 23.2 Å². The molecule has 1 saturated heterocycles. The normalized spacial score (nSPS) is 17.6. The second-order valence-electron chi connectivity index (χ2n) is 6.40. The van der Waals surface area contributed by atoms with E-state index in [4.69, 9.17) is 11.6 Å². The fourth-order valence-electron chi connectivity index (χ4n) is 3.06. The molecule has 0 unspecified atom stereocenters. The number of rotatable bonds is 3. The quantitative estimate of drug-likeness (QED) is 0.854. The zero-order valence-electron chi connectivity index (χ0n) is 14.1. The third-order valence-electron chi connectivity index (χ3n) is 4.56. The van der Waals surface area contributed by atoms with Crippen molar-refractivity contribution in [2.24, 2.45) is 0 Å². The summed E-state index contributed by atoms with van der Waals surface area (Å²) in [5.74, 6) is 0.0193. The lowest BCUT2D eigenvalue weighted by Gasteiger charge is -2.34. The number of benzene rings is 1. The van der Waals surface area contributed by atoms with Crippen LogP contribution in [0.15, 0.2) is 36.5 Å². The molecule has 0 spiro atoms. The van der Waals surface area contributed by atoms with Crippen LogP contribution in [0.1, 0.15) is 34.3 Å². The van der Waals surface area contributed by atoms with Gasteiger partial charge in [-0.1, -0.05) is 17.7 Å². The van der Waals surface area contributed by atoms with Crippen LogP contribution in [0, 0.1) is 13.8 Å². The lowest BCUT2D eigenvalue weighted by atomic mass is 10.0. The molecule has 1 atom stereocenters. The minimum absolute atomic E-state index is 0.0193. The summed E-state index contributed by atoms with van der Waals surface area (Å²) >= 11 is 5.90. The Morgan fingerprint density at radius 3 is 2.83 bits per heavy atom. The van der Waals surface area contributed by atoms with Crippen molar-refractivity contribution < 1.29 is 4.79 Å². The number of likely N-dealkylation sites (tertiary alicyclic amines) is 1. The van der Waals surface area contributed by atoms with Gasteiger partial charge in [-0.25, -0.2) is 4.98 Å². The second kappa shape index (κ2) is 7.22. The van der Waals surface area contributed by atoms with Crippen LogP contribution in [-0.2, 0) is 0 Å². The number of pyridine rings is 1. The van der Waals surface area contributed by atoms with E-state index in [-0.39, 0.29) is 11.9 Å². The summed E-state index contributed by atoms with van der Waals surface area (Å²) in [6.07, 6.45) is 3.63. The van der Waals surface area contributed by atoms with Gasteiger partial charge in [-0.05, 0) is 62.1 Å². The molecule has 126 valence electrons. The highest BCUT2D eigenvalue weighted by atomic mass is 35.5. The van der Waals surface area contributed by atoms with E-state index < -0.39 is 0 Å². The SMILES string of the molecule is Cc1ccc(N[C@H]2CCCN(C(=O)c3ccnc(Cl)c3)C2)cc1C. The van der Waals surface area contributed by atoms with Crippen LogP contribution < -0.4 is 5.32 Å². The number of piperidine rings is 1. The number of aryl methyl sites for hydroxylation is 2. The van der Waals surface area contributed by atoms with Crippen molar-refractivity contribution in [2.45, 2.75) is 32.7 Å². The van der Waals surface area contributed by atoms with Gasteiger partial charge in [0.15, 0.2) is 0 Å². The number of hydrogen-bond donors (Lipinski definition) is 1. The molecule has 1 amide bonds. The summed E-state index contributed by atoms with van der Waals surface area (Å²) in [6.45, 7) is 5.71. The Morgan fingerprint density at radius 1 is 1.25 bits per heavy atom. The van der Waals surface area contributed by atoms with Gasteiger partial charge in [0, 0.05) is 36.6 Å².